The highest BCUT2D eigenvalue weighted by atomic mass is 35.5. The molecule has 0 bridgehead atoms. The molecule has 0 amide bonds. The van der Waals surface area contributed by atoms with Crippen molar-refractivity contribution in [3.05, 3.63) is 47.5 Å². The molecular weight excluding hydrogens is 255 g/mol. The smallest absolute Gasteiger partial charge is 0.190 e. The van der Waals surface area contributed by atoms with Crippen molar-refractivity contribution in [2.75, 3.05) is 5.73 Å². The van der Waals surface area contributed by atoms with Gasteiger partial charge in [-0.2, -0.15) is 5.10 Å². The van der Waals surface area contributed by atoms with Crippen molar-refractivity contribution >= 4 is 28.2 Å². The lowest BCUT2D eigenvalue weighted by Crippen LogP contribution is -2.02. The Morgan fingerprint density at radius 3 is 2.83 bits per heavy atom. The molecule has 0 aliphatic rings. The van der Waals surface area contributed by atoms with E-state index in [1.165, 1.54) is 16.9 Å². The van der Waals surface area contributed by atoms with Crippen molar-refractivity contribution in [2.45, 2.75) is 0 Å². The zero-order valence-electron chi connectivity index (χ0n) is 9.14. The lowest BCUT2D eigenvalue weighted by molar-refractivity contribution is 0.603. The Morgan fingerprint density at radius 1 is 1.22 bits per heavy atom. The zero-order chi connectivity index (χ0) is 12.7. The largest absolute Gasteiger partial charge is 0.399 e. The Hall–Kier alpha value is -2.14. The van der Waals surface area contributed by atoms with Gasteiger partial charge in [0.15, 0.2) is 11.6 Å². The fourth-order valence-corrected chi connectivity index (χ4v) is 1.91. The van der Waals surface area contributed by atoms with Gasteiger partial charge in [0.1, 0.15) is 0 Å². The number of hydrogen-bond acceptors (Lipinski definition) is 3. The SMILES string of the molecule is Nc1ccc2cnn(-c3ncc(Cl)cc3F)c2c1. The predicted octanol–water partition coefficient (Wildman–Crippen LogP) is 2.80. The summed E-state index contributed by atoms with van der Waals surface area (Å²) >= 11 is 5.67. The van der Waals surface area contributed by atoms with Crippen molar-refractivity contribution in [1.82, 2.24) is 14.8 Å². The molecule has 90 valence electrons. The lowest BCUT2D eigenvalue weighted by atomic mass is 10.2. The second-order valence-corrected chi connectivity index (χ2v) is 4.27. The number of aromatic nitrogens is 3. The monoisotopic (exact) mass is 262 g/mol. The van der Waals surface area contributed by atoms with Crippen LogP contribution < -0.4 is 5.73 Å². The van der Waals surface area contributed by atoms with Crippen LogP contribution in [0.4, 0.5) is 10.1 Å². The Kier molecular flexibility index (Phi) is 2.41. The van der Waals surface area contributed by atoms with Crippen LogP contribution in [0.5, 0.6) is 0 Å². The molecule has 0 spiro atoms. The molecule has 0 aliphatic heterocycles. The van der Waals surface area contributed by atoms with Crippen molar-refractivity contribution in [1.29, 1.82) is 0 Å². The van der Waals surface area contributed by atoms with Gasteiger partial charge in [-0.25, -0.2) is 14.1 Å². The Bertz CT molecular complexity index is 738. The maximum Gasteiger partial charge on any atom is 0.190 e. The second kappa shape index (κ2) is 3.96. The molecule has 0 fully saturated rings. The molecule has 2 heterocycles. The van der Waals surface area contributed by atoms with Crippen molar-refractivity contribution in [3.63, 3.8) is 0 Å². The Morgan fingerprint density at radius 2 is 2.06 bits per heavy atom. The van der Waals surface area contributed by atoms with Crippen LogP contribution >= 0.6 is 11.6 Å². The van der Waals surface area contributed by atoms with Gasteiger partial charge >= 0.3 is 0 Å². The van der Waals surface area contributed by atoms with E-state index in [-0.39, 0.29) is 10.8 Å². The van der Waals surface area contributed by atoms with Crippen LogP contribution in [0.3, 0.4) is 0 Å². The molecule has 3 aromatic rings. The van der Waals surface area contributed by atoms with Crippen molar-refractivity contribution in [3.8, 4) is 5.82 Å². The molecule has 0 saturated heterocycles. The number of benzene rings is 1. The summed E-state index contributed by atoms with van der Waals surface area (Å²) in [5.74, 6) is -0.435. The topological polar surface area (TPSA) is 56.7 Å². The first-order chi connectivity index (χ1) is 8.65. The molecule has 6 heteroatoms. The number of hydrogen-bond donors (Lipinski definition) is 1. The van der Waals surface area contributed by atoms with E-state index >= 15 is 0 Å². The normalized spacial score (nSPS) is 11.0. The third-order valence-corrected chi connectivity index (χ3v) is 2.79. The minimum atomic E-state index is -0.532. The van der Waals surface area contributed by atoms with Gasteiger partial charge in [-0.1, -0.05) is 11.6 Å². The van der Waals surface area contributed by atoms with Crippen molar-refractivity contribution < 1.29 is 4.39 Å². The van der Waals surface area contributed by atoms with E-state index in [0.29, 0.717) is 11.2 Å². The molecule has 1 aromatic carbocycles. The number of nitrogens with zero attached hydrogens (tertiary/aromatic N) is 3. The first-order valence-electron chi connectivity index (χ1n) is 5.20. The minimum Gasteiger partial charge on any atom is -0.399 e. The lowest BCUT2D eigenvalue weighted by Gasteiger charge is -2.04. The summed E-state index contributed by atoms with van der Waals surface area (Å²) in [6.07, 6.45) is 3.00. The van der Waals surface area contributed by atoms with Gasteiger partial charge in [0.05, 0.1) is 16.7 Å². The summed E-state index contributed by atoms with van der Waals surface area (Å²) in [7, 11) is 0. The van der Waals surface area contributed by atoms with Crippen LogP contribution in [0.1, 0.15) is 0 Å². The molecular formula is C12H8ClFN4. The molecule has 2 N–H and O–H groups in total. The van der Waals surface area contributed by atoms with E-state index in [9.17, 15) is 4.39 Å². The fraction of sp³-hybridized carbons (Fsp3) is 0. The van der Waals surface area contributed by atoms with E-state index in [1.807, 2.05) is 6.07 Å². The highest BCUT2D eigenvalue weighted by Gasteiger charge is 2.11. The van der Waals surface area contributed by atoms with Crippen LogP contribution in [0.2, 0.25) is 5.02 Å². The molecule has 0 atom stereocenters. The maximum absolute atomic E-state index is 13.8. The Balaban J connectivity index is 2.28. The van der Waals surface area contributed by atoms with E-state index in [4.69, 9.17) is 17.3 Å². The average Bonchev–Trinajstić information content (AvgIpc) is 2.72. The van der Waals surface area contributed by atoms with Gasteiger partial charge in [-0.3, -0.25) is 0 Å². The summed E-state index contributed by atoms with van der Waals surface area (Å²) in [6, 6.07) is 6.50. The molecule has 0 aliphatic carbocycles. The van der Waals surface area contributed by atoms with Crippen LogP contribution in [0.15, 0.2) is 36.7 Å². The maximum atomic E-state index is 13.8. The number of pyridine rings is 1. The standard InChI is InChI=1S/C12H8ClFN4/c13-8-3-10(14)12(16-6-8)18-11-4-9(15)2-1-7(11)5-17-18/h1-6H,15H2. The Labute approximate surface area is 107 Å². The average molecular weight is 263 g/mol. The third-order valence-electron chi connectivity index (χ3n) is 2.58. The van der Waals surface area contributed by atoms with E-state index < -0.39 is 5.82 Å². The van der Waals surface area contributed by atoms with E-state index in [1.54, 1.807) is 18.3 Å². The fourth-order valence-electron chi connectivity index (χ4n) is 1.77. The highest BCUT2D eigenvalue weighted by Crippen LogP contribution is 2.22. The van der Waals surface area contributed by atoms with Gasteiger partial charge in [0.25, 0.3) is 0 Å². The summed E-state index contributed by atoms with van der Waals surface area (Å²) < 4.78 is 15.2. The summed E-state index contributed by atoms with van der Waals surface area (Å²) in [5, 5.41) is 5.22. The van der Waals surface area contributed by atoms with Crippen LogP contribution in [0, 0.1) is 5.82 Å². The number of nitrogens with two attached hydrogens (primary N) is 1. The zero-order valence-corrected chi connectivity index (χ0v) is 9.89. The minimum absolute atomic E-state index is 0.0972. The summed E-state index contributed by atoms with van der Waals surface area (Å²) in [5.41, 5.74) is 7.00. The molecule has 0 radical (unpaired) electrons. The number of nitrogen functional groups attached to an aromatic ring is 1. The van der Waals surface area contributed by atoms with Crippen molar-refractivity contribution in [2.24, 2.45) is 0 Å². The molecule has 18 heavy (non-hydrogen) atoms. The summed E-state index contributed by atoms with van der Waals surface area (Å²) in [6.45, 7) is 0. The highest BCUT2D eigenvalue weighted by molar-refractivity contribution is 6.30. The molecule has 0 unspecified atom stereocenters. The van der Waals surface area contributed by atoms with Crippen LogP contribution in [0.25, 0.3) is 16.7 Å². The van der Waals surface area contributed by atoms with Gasteiger partial charge < -0.3 is 5.73 Å². The molecule has 3 rings (SSSR count). The van der Waals surface area contributed by atoms with Crippen LogP contribution in [-0.2, 0) is 0 Å². The van der Waals surface area contributed by atoms with Gasteiger partial charge in [0, 0.05) is 17.3 Å². The first-order valence-corrected chi connectivity index (χ1v) is 5.57. The molecule has 4 nitrogen and oxygen atoms in total. The summed E-state index contributed by atoms with van der Waals surface area (Å²) in [4.78, 5) is 3.95. The van der Waals surface area contributed by atoms with E-state index in [0.717, 1.165) is 5.39 Å². The third kappa shape index (κ3) is 1.69. The van der Waals surface area contributed by atoms with Gasteiger partial charge in [-0.15, -0.1) is 0 Å². The predicted molar refractivity (Wildman–Crippen MR) is 68.2 cm³/mol. The van der Waals surface area contributed by atoms with Gasteiger partial charge in [0.2, 0.25) is 0 Å². The van der Waals surface area contributed by atoms with Gasteiger partial charge in [-0.05, 0) is 24.3 Å². The quantitative estimate of drug-likeness (QED) is 0.686. The molecule has 2 aromatic heterocycles. The first kappa shape index (κ1) is 11.0. The number of rotatable bonds is 1. The number of anilines is 1. The van der Waals surface area contributed by atoms with Crippen LogP contribution in [-0.4, -0.2) is 14.8 Å². The molecule has 0 saturated carbocycles. The second-order valence-electron chi connectivity index (χ2n) is 3.83. The number of halogens is 2. The van der Waals surface area contributed by atoms with E-state index in [2.05, 4.69) is 10.1 Å². The number of fused-ring (bicyclic) bond motifs is 1.